The molecule has 0 aliphatic rings. The summed E-state index contributed by atoms with van der Waals surface area (Å²) >= 11 is 0. The summed E-state index contributed by atoms with van der Waals surface area (Å²) in [6, 6.07) is 8.51. The SMILES string of the molecule is C=Cc1ccccc1C(C)CCC.CC. The third kappa shape index (κ3) is 4.33. The molecule has 0 heteroatoms. The minimum atomic E-state index is 0.652. The van der Waals surface area contributed by atoms with Crippen molar-refractivity contribution in [1.82, 2.24) is 0 Å². The van der Waals surface area contributed by atoms with Gasteiger partial charge < -0.3 is 0 Å². The van der Waals surface area contributed by atoms with Gasteiger partial charge in [-0.05, 0) is 23.5 Å². The Morgan fingerprint density at radius 2 is 1.87 bits per heavy atom. The quantitative estimate of drug-likeness (QED) is 0.627. The smallest absolute Gasteiger partial charge is 0.0185 e. The van der Waals surface area contributed by atoms with E-state index in [-0.39, 0.29) is 0 Å². The Labute approximate surface area is 95.0 Å². The fourth-order valence-corrected chi connectivity index (χ4v) is 1.73. The highest BCUT2D eigenvalue weighted by molar-refractivity contribution is 5.52. The highest BCUT2D eigenvalue weighted by Crippen LogP contribution is 2.24. The van der Waals surface area contributed by atoms with E-state index in [0.717, 1.165) is 0 Å². The molecule has 0 aliphatic carbocycles. The summed E-state index contributed by atoms with van der Waals surface area (Å²) in [5.41, 5.74) is 2.71. The minimum Gasteiger partial charge on any atom is -0.0985 e. The molecule has 15 heavy (non-hydrogen) atoms. The minimum absolute atomic E-state index is 0.652. The first-order chi connectivity index (χ1) is 7.29. The average molecular weight is 204 g/mol. The lowest BCUT2D eigenvalue weighted by Crippen LogP contribution is -1.95. The van der Waals surface area contributed by atoms with Gasteiger partial charge in [0.2, 0.25) is 0 Å². The molecule has 1 unspecified atom stereocenters. The third-order valence-electron chi connectivity index (χ3n) is 2.47. The van der Waals surface area contributed by atoms with Crippen molar-refractivity contribution in [1.29, 1.82) is 0 Å². The number of hydrogen-bond acceptors (Lipinski definition) is 0. The first-order valence-corrected chi connectivity index (χ1v) is 6.01. The summed E-state index contributed by atoms with van der Waals surface area (Å²) in [5, 5.41) is 0. The second kappa shape index (κ2) is 8.28. The molecule has 0 radical (unpaired) electrons. The average Bonchev–Trinajstić information content (AvgIpc) is 2.32. The fraction of sp³-hybridized carbons (Fsp3) is 0.467. The van der Waals surface area contributed by atoms with Gasteiger partial charge in [0.05, 0.1) is 0 Å². The van der Waals surface area contributed by atoms with Crippen LogP contribution in [0.5, 0.6) is 0 Å². The van der Waals surface area contributed by atoms with Crippen molar-refractivity contribution in [2.24, 2.45) is 0 Å². The lowest BCUT2D eigenvalue weighted by atomic mass is 9.92. The maximum Gasteiger partial charge on any atom is -0.0185 e. The van der Waals surface area contributed by atoms with Crippen LogP contribution >= 0.6 is 0 Å². The molecular formula is C15H24. The van der Waals surface area contributed by atoms with Gasteiger partial charge in [0.15, 0.2) is 0 Å². The van der Waals surface area contributed by atoms with E-state index in [1.807, 2.05) is 19.9 Å². The molecule has 0 aromatic heterocycles. The summed E-state index contributed by atoms with van der Waals surface area (Å²) < 4.78 is 0. The summed E-state index contributed by atoms with van der Waals surface area (Å²) in [7, 11) is 0. The van der Waals surface area contributed by atoms with E-state index >= 15 is 0 Å². The van der Waals surface area contributed by atoms with Crippen molar-refractivity contribution in [3.05, 3.63) is 42.0 Å². The molecule has 0 aliphatic heterocycles. The molecule has 0 nitrogen and oxygen atoms in total. The lowest BCUT2D eigenvalue weighted by molar-refractivity contribution is 0.664. The van der Waals surface area contributed by atoms with Crippen molar-refractivity contribution < 1.29 is 0 Å². The predicted molar refractivity (Wildman–Crippen MR) is 71.2 cm³/mol. The van der Waals surface area contributed by atoms with E-state index in [9.17, 15) is 0 Å². The van der Waals surface area contributed by atoms with Gasteiger partial charge in [-0.2, -0.15) is 0 Å². The zero-order valence-electron chi connectivity index (χ0n) is 10.6. The Morgan fingerprint density at radius 3 is 2.40 bits per heavy atom. The van der Waals surface area contributed by atoms with Crippen LogP contribution in [0.2, 0.25) is 0 Å². The Bertz CT molecular complexity index is 273. The Balaban J connectivity index is 0.000000921. The van der Waals surface area contributed by atoms with Gasteiger partial charge in [-0.3, -0.25) is 0 Å². The van der Waals surface area contributed by atoms with Crippen LogP contribution in [0, 0.1) is 0 Å². The van der Waals surface area contributed by atoms with E-state index in [4.69, 9.17) is 0 Å². The summed E-state index contributed by atoms with van der Waals surface area (Å²) in [5.74, 6) is 0.652. The second-order valence-electron chi connectivity index (χ2n) is 3.52. The molecule has 0 amide bonds. The zero-order chi connectivity index (χ0) is 11.7. The normalized spacial score (nSPS) is 11.2. The first kappa shape index (κ1) is 14.0. The van der Waals surface area contributed by atoms with Gasteiger partial charge in [0.1, 0.15) is 0 Å². The molecule has 1 aromatic carbocycles. The Kier molecular flexibility index (Phi) is 7.71. The fourth-order valence-electron chi connectivity index (χ4n) is 1.73. The molecule has 0 saturated carbocycles. The largest absolute Gasteiger partial charge is 0.0985 e. The summed E-state index contributed by atoms with van der Waals surface area (Å²) in [4.78, 5) is 0. The third-order valence-corrected chi connectivity index (χ3v) is 2.47. The van der Waals surface area contributed by atoms with Crippen LogP contribution in [0.4, 0.5) is 0 Å². The molecule has 0 fully saturated rings. The first-order valence-electron chi connectivity index (χ1n) is 6.01. The molecule has 0 N–H and O–H groups in total. The molecule has 0 saturated heterocycles. The molecule has 84 valence electrons. The van der Waals surface area contributed by atoms with Gasteiger partial charge in [0.25, 0.3) is 0 Å². The van der Waals surface area contributed by atoms with Crippen molar-refractivity contribution in [2.75, 3.05) is 0 Å². The van der Waals surface area contributed by atoms with E-state index in [0.29, 0.717) is 5.92 Å². The molecule has 1 aromatic rings. The van der Waals surface area contributed by atoms with Crippen LogP contribution in [0.3, 0.4) is 0 Å². The maximum atomic E-state index is 3.83. The Morgan fingerprint density at radius 1 is 1.27 bits per heavy atom. The van der Waals surface area contributed by atoms with Crippen molar-refractivity contribution in [2.45, 2.75) is 46.5 Å². The van der Waals surface area contributed by atoms with Gasteiger partial charge in [-0.15, -0.1) is 0 Å². The standard InChI is InChI=1S/C13H18.C2H6/c1-4-8-11(3)13-10-7-6-9-12(13)5-2;1-2/h5-7,9-11H,2,4,8H2,1,3H3;1-2H3. The van der Waals surface area contributed by atoms with Crippen LogP contribution in [0.15, 0.2) is 30.8 Å². The number of benzene rings is 1. The highest BCUT2D eigenvalue weighted by Gasteiger charge is 2.06. The van der Waals surface area contributed by atoms with Gasteiger partial charge in [-0.25, -0.2) is 0 Å². The van der Waals surface area contributed by atoms with E-state index in [1.165, 1.54) is 24.0 Å². The maximum absolute atomic E-state index is 3.83. The summed E-state index contributed by atoms with van der Waals surface area (Å²) in [6.45, 7) is 12.3. The van der Waals surface area contributed by atoms with Crippen LogP contribution in [-0.4, -0.2) is 0 Å². The van der Waals surface area contributed by atoms with Gasteiger partial charge >= 0.3 is 0 Å². The molecule has 0 bridgehead atoms. The predicted octanol–water partition coefficient (Wildman–Crippen LogP) is 5.26. The lowest BCUT2D eigenvalue weighted by Gasteiger charge is -2.13. The monoisotopic (exact) mass is 204 g/mol. The van der Waals surface area contributed by atoms with Crippen LogP contribution in [0.25, 0.3) is 6.08 Å². The molecular weight excluding hydrogens is 180 g/mol. The van der Waals surface area contributed by atoms with Crippen molar-refractivity contribution in [3.63, 3.8) is 0 Å². The van der Waals surface area contributed by atoms with E-state index in [1.54, 1.807) is 0 Å². The van der Waals surface area contributed by atoms with E-state index in [2.05, 4.69) is 44.7 Å². The second-order valence-corrected chi connectivity index (χ2v) is 3.52. The highest BCUT2D eigenvalue weighted by atomic mass is 14.1. The van der Waals surface area contributed by atoms with Gasteiger partial charge in [0, 0.05) is 0 Å². The summed E-state index contributed by atoms with van der Waals surface area (Å²) in [6.07, 6.45) is 4.44. The van der Waals surface area contributed by atoms with E-state index < -0.39 is 0 Å². The molecule has 1 atom stereocenters. The Hall–Kier alpha value is -1.04. The number of rotatable bonds is 4. The molecule has 1 rings (SSSR count). The van der Waals surface area contributed by atoms with Crippen LogP contribution in [-0.2, 0) is 0 Å². The molecule has 0 spiro atoms. The molecule has 0 heterocycles. The topological polar surface area (TPSA) is 0 Å². The van der Waals surface area contributed by atoms with Crippen molar-refractivity contribution in [3.8, 4) is 0 Å². The van der Waals surface area contributed by atoms with Crippen molar-refractivity contribution >= 4 is 6.08 Å². The van der Waals surface area contributed by atoms with Crippen LogP contribution < -0.4 is 0 Å². The van der Waals surface area contributed by atoms with Crippen LogP contribution in [0.1, 0.15) is 57.6 Å². The van der Waals surface area contributed by atoms with Gasteiger partial charge in [-0.1, -0.05) is 71.0 Å². The zero-order valence-corrected chi connectivity index (χ0v) is 10.6. The number of hydrogen-bond donors (Lipinski definition) is 0.